The minimum absolute atomic E-state index is 0.193. The van der Waals surface area contributed by atoms with Crippen LogP contribution in [0.1, 0.15) is 21.5 Å². The van der Waals surface area contributed by atoms with E-state index in [0.29, 0.717) is 16.7 Å². The first-order valence-electron chi connectivity index (χ1n) is 9.29. The highest BCUT2D eigenvalue weighted by molar-refractivity contribution is 5.97. The van der Waals surface area contributed by atoms with Crippen molar-refractivity contribution in [1.29, 1.82) is 0 Å². The number of rotatable bonds is 6. The third kappa shape index (κ3) is 6.15. The fourth-order valence-corrected chi connectivity index (χ4v) is 2.82. The van der Waals surface area contributed by atoms with Gasteiger partial charge in [0.25, 0.3) is 5.91 Å². The lowest BCUT2D eigenvalue weighted by Gasteiger charge is -2.10. The summed E-state index contributed by atoms with van der Waals surface area (Å²) in [7, 11) is 0. The number of nitrogens with one attached hydrogen (secondary N) is 2. The molecule has 31 heavy (non-hydrogen) atoms. The van der Waals surface area contributed by atoms with E-state index in [4.69, 9.17) is 0 Å². The molecule has 3 aromatic rings. The van der Waals surface area contributed by atoms with Crippen LogP contribution in [0.5, 0.6) is 0 Å². The van der Waals surface area contributed by atoms with Gasteiger partial charge < -0.3 is 10.6 Å². The molecule has 0 radical (unpaired) electrons. The van der Waals surface area contributed by atoms with Crippen molar-refractivity contribution < 1.29 is 27.2 Å². The smallest absolute Gasteiger partial charge is 0.350 e. The van der Waals surface area contributed by atoms with E-state index in [0.717, 1.165) is 12.1 Å². The van der Waals surface area contributed by atoms with E-state index in [-0.39, 0.29) is 24.5 Å². The number of alkyl halides is 3. The Balaban J connectivity index is 1.57. The zero-order valence-electron chi connectivity index (χ0n) is 16.2. The molecular weight excluding hydrogens is 412 g/mol. The summed E-state index contributed by atoms with van der Waals surface area (Å²) >= 11 is 0. The summed E-state index contributed by atoms with van der Waals surface area (Å²) in [6.45, 7) is -0.0665. The van der Waals surface area contributed by atoms with Gasteiger partial charge in [0.05, 0.1) is 12.1 Å². The van der Waals surface area contributed by atoms with Crippen LogP contribution >= 0.6 is 0 Å². The van der Waals surface area contributed by atoms with Gasteiger partial charge in [-0.25, -0.2) is 4.39 Å². The SMILES string of the molecule is O=C(CNC(=O)c1cccc(-c2ccc(C(F)(F)F)cc2)c1)NCc1ccc(F)cc1. The number of carbonyl (C=O) groups is 2. The fourth-order valence-electron chi connectivity index (χ4n) is 2.82. The third-order valence-electron chi connectivity index (χ3n) is 4.48. The molecule has 2 N–H and O–H groups in total. The topological polar surface area (TPSA) is 58.2 Å². The van der Waals surface area contributed by atoms with Crippen molar-refractivity contribution in [1.82, 2.24) is 10.6 Å². The van der Waals surface area contributed by atoms with Crippen LogP contribution in [0, 0.1) is 5.82 Å². The largest absolute Gasteiger partial charge is 0.416 e. The molecule has 0 unspecified atom stereocenters. The summed E-state index contributed by atoms with van der Waals surface area (Å²) in [6, 6.07) is 16.6. The zero-order chi connectivity index (χ0) is 22.4. The molecule has 0 aliphatic carbocycles. The molecule has 2 amide bonds. The van der Waals surface area contributed by atoms with Gasteiger partial charge in [-0.2, -0.15) is 13.2 Å². The summed E-state index contributed by atoms with van der Waals surface area (Å²) in [5, 5.41) is 5.10. The van der Waals surface area contributed by atoms with Crippen LogP contribution in [0.25, 0.3) is 11.1 Å². The maximum absolute atomic E-state index is 12.9. The van der Waals surface area contributed by atoms with Crippen LogP contribution in [0.15, 0.2) is 72.8 Å². The number of hydrogen-bond acceptors (Lipinski definition) is 2. The molecule has 0 saturated heterocycles. The van der Waals surface area contributed by atoms with Gasteiger partial charge in [0.1, 0.15) is 5.82 Å². The lowest BCUT2D eigenvalue weighted by Crippen LogP contribution is -2.36. The zero-order valence-corrected chi connectivity index (χ0v) is 16.2. The Bertz CT molecular complexity index is 1060. The Labute approximate surface area is 175 Å². The summed E-state index contributed by atoms with van der Waals surface area (Å²) in [6.07, 6.45) is -4.42. The Hall–Kier alpha value is -3.68. The average molecular weight is 430 g/mol. The highest BCUT2D eigenvalue weighted by Crippen LogP contribution is 2.31. The van der Waals surface area contributed by atoms with Crippen molar-refractivity contribution in [2.24, 2.45) is 0 Å². The van der Waals surface area contributed by atoms with Crippen molar-refractivity contribution in [2.75, 3.05) is 6.54 Å². The summed E-state index contributed by atoms with van der Waals surface area (Å²) in [5.41, 5.74) is 1.33. The minimum Gasteiger partial charge on any atom is -0.350 e. The second kappa shape index (κ2) is 9.42. The van der Waals surface area contributed by atoms with Gasteiger partial charge in [-0.3, -0.25) is 9.59 Å². The normalized spacial score (nSPS) is 11.1. The summed E-state index contributed by atoms with van der Waals surface area (Å²) in [5.74, 6) is -1.29. The quantitative estimate of drug-likeness (QED) is 0.564. The van der Waals surface area contributed by atoms with Gasteiger partial charge in [0.15, 0.2) is 0 Å². The van der Waals surface area contributed by atoms with Gasteiger partial charge in [0, 0.05) is 12.1 Å². The van der Waals surface area contributed by atoms with Gasteiger partial charge in [-0.15, -0.1) is 0 Å². The molecular formula is C23H18F4N2O2. The van der Waals surface area contributed by atoms with Crippen molar-refractivity contribution >= 4 is 11.8 Å². The van der Waals surface area contributed by atoms with Gasteiger partial charge in [-0.1, -0.05) is 36.4 Å². The van der Waals surface area contributed by atoms with E-state index < -0.39 is 23.6 Å². The Morgan fingerprint density at radius 2 is 1.48 bits per heavy atom. The first kappa shape index (κ1) is 22.0. The number of halogens is 4. The van der Waals surface area contributed by atoms with Crippen molar-refractivity contribution in [3.8, 4) is 11.1 Å². The van der Waals surface area contributed by atoms with E-state index in [1.165, 1.54) is 30.3 Å². The molecule has 0 atom stereocenters. The van der Waals surface area contributed by atoms with E-state index in [9.17, 15) is 27.2 Å². The number of carbonyl (C=O) groups excluding carboxylic acids is 2. The molecule has 8 heteroatoms. The highest BCUT2D eigenvalue weighted by Gasteiger charge is 2.29. The average Bonchev–Trinajstić information content (AvgIpc) is 2.76. The van der Waals surface area contributed by atoms with Crippen LogP contribution in [-0.2, 0) is 17.5 Å². The van der Waals surface area contributed by atoms with Crippen molar-refractivity contribution in [2.45, 2.75) is 12.7 Å². The Morgan fingerprint density at radius 3 is 2.13 bits per heavy atom. The first-order valence-corrected chi connectivity index (χ1v) is 9.29. The highest BCUT2D eigenvalue weighted by atomic mass is 19.4. The molecule has 160 valence electrons. The van der Waals surface area contributed by atoms with Gasteiger partial charge in [-0.05, 0) is 53.1 Å². The molecule has 0 spiro atoms. The predicted octanol–water partition coefficient (Wildman–Crippen LogP) is 4.56. The minimum atomic E-state index is -4.42. The standard InChI is InChI=1S/C23H18F4N2O2/c24-20-10-4-15(5-11-20)13-28-21(30)14-29-22(31)18-3-1-2-17(12-18)16-6-8-19(9-7-16)23(25,26)27/h1-12H,13-14H2,(H,28,30)(H,29,31). The first-order chi connectivity index (χ1) is 14.7. The van der Waals surface area contributed by atoms with Crippen LogP contribution in [0.3, 0.4) is 0 Å². The fraction of sp³-hybridized carbons (Fsp3) is 0.130. The van der Waals surface area contributed by atoms with E-state index in [2.05, 4.69) is 10.6 Å². The lowest BCUT2D eigenvalue weighted by molar-refractivity contribution is -0.137. The molecule has 0 saturated carbocycles. The molecule has 4 nitrogen and oxygen atoms in total. The van der Waals surface area contributed by atoms with E-state index >= 15 is 0 Å². The van der Waals surface area contributed by atoms with Crippen LogP contribution in [-0.4, -0.2) is 18.4 Å². The second-order valence-electron chi connectivity index (χ2n) is 6.74. The molecule has 0 bridgehead atoms. The van der Waals surface area contributed by atoms with Crippen LogP contribution in [0.4, 0.5) is 17.6 Å². The molecule has 0 aliphatic rings. The third-order valence-corrected chi connectivity index (χ3v) is 4.48. The Kier molecular flexibility index (Phi) is 6.69. The van der Waals surface area contributed by atoms with Crippen LogP contribution < -0.4 is 10.6 Å². The maximum Gasteiger partial charge on any atom is 0.416 e. The predicted molar refractivity (Wildman–Crippen MR) is 107 cm³/mol. The lowest BCUT2D eigenvalue weighted by atomic mass is 10.0. The van der Waals surface area contributed by atoms with Gasteiger partial charge in [0.2, 0.25) is 5.91 Å². The Morgan fingerprint density at radius 1 is 0.806 bits per heavy atom. The van der Waals surface area contributed by atoms with Crippen LogP contribution in [0.2, 0.25) is 0 Å². The summed E-state index contributed by atoms with van der Waals surface area (Å²) in [4.78, 5) is 24.3. The number of amides is 2. The van der Waals surface area contributed by atoms with E-state index in [1.807, 2.05) is 0 Å². The molecule has 0 fully saturated rings. The molecule has 3 rings (SSSR count). The molecule has 0 aliphatic heterocycles. The second-order valence-corrected chi connectivity index (χ2v) is 6.74. The number of hydrogen-bond donors (Lipinski definition) is 2. The molecule has 0 heterocycles. The van der Waals surface area contributed by atoms with Crippen molar-refractivity contribution in [3.63, 3.8) is 0 Å². The summed E-state index contributed by atoms with van der Waals surface area (Å²) < 4.78 is 51.0. The monoisotopic (exact) mass is 430 g/mol. The number of benzene rings is 3. The molecule has 0 aromatic heterocycles. The van der Waals surface area contributed by atoms with E-state index in [1.54, 1.807) is 30.3 Å². The molecule has 3 aromatic carbocycles. The van der Waals surface area contributed by atoms with Crippen molar-refractivity contribution in [3.05, 3.63) is 95.3 Å². The van der Waals surface area contributed by atoms with Gasteiger partial charge >= 0.3 is 6.18 Å². The maximum atomic E-state index is 12.9.